The standard InChI is InChI=1S/C23H24N2O7S2/c1-15-5-11-19(33(4,27)28)14-20(15)23(26)24-17-8-12-21(32-3)22(13-17)34(29,30)25-16-6-9-18(31-2)10-7-16/h5-14,25H,1-4H3,(H,24,26). The Hall–Kier alpha value is -3.57. The molecule has 0 aromatic heterocycles. The van der Waals surface area contributed by atoms with Crippen molar-refractivity contribution in [1.82, 2.24) is 0 Å². The highest BCUT2D eigenvalue weighted by Crippen LogP contribution is 2.30. The second-order valence-corrected chi connectivity index (χ2v) is 11.1. The molecule has 0 aliphatic carbocycles. The number of benzene rings is 3. The van der Waals surface area contributed by atoms with E-state index in [0.717, 1.165) is 6.26 Å². The Morgan fingerprint density at radius 1 is 0.824 bits per heavy atom. The Morgan fingerprint density at radius 2 is 1.47 bits per heavy atom. The van der Waals surface area contributed by atoms with E-state index in [1.165, 1.54) is 50.6 Å². The van der Waals surface area contributed by atoms with Gasteiger partial charge in [-0.15, -0.1) is 0 Å². The molecule has 11 heteroatoms. The number of sulfone groups is 1. The van der Waals surface area contributed by atoms with E-state index >= 15 is 0 Å². The summed E-state index contributed by atoms with van der Waals surface area (Å²) in [5.74, 6) is 0.0642. The Balaban J connectivity index is 1.92. The smallest absolute Gasteiger partial charge is 0.265 e. The monoisotopic (exact) mass is 504 g/mol. The lowest BCUT2D eigenvalue weighted by Crippen LogP contribution is -2.17. The minimum Gasteiger partial charge on any atom is -0.497 e. The maximum atomic E-state index is 13.1. The molecule has 3 rings (SSSR count). The summed E-state index contributed by atoms with van der Waals surface area (Å²) in [6.07, 6.45) is 1.05. The molecule has 3 aromatic rings. The molecule has 0 saturated carbocycles. The average molecular weight is 505 g/mol. The number of carbonyl (C=O) groups excluding carboxylic acids is 1. The van der Waals surface area contributed by atoms with Crippen LogP contribution in [0.2, 0.25) is 0 Å². The molecule has 34 heavy (non-hydrogen) atoms. The van der Waals surface area contributed by atoms with E-state index in [4.69, 9.17) is 9.47 Å². The number of sulfonamides is 1. The number of hydrogen-bond donors (Lipinski definition) is 2. The third kappa shape index (κ3) is 5.67. The average Bonchev–Trinajstić information content (AvgIpc) is 2.78. The largest absolute Gasteiger partial charge is 0.497 e. The highest BCUT2D eigenvalue weighted by atomic mass is 32.2. The molecule has 0 spiro atoms. The highest BCUT2D eigenvalue weighted by molar-refractivity contribution is 7.92. The lowest BCUT2D eigenvalue weighted by atomic mass is 10.1. The molecule has 180 valence electrons. The van der Waals surface area contributed by atoms with E-state index in [0.29, 0.717) is 17.0 Å². The van der Waals surface area contributed by atoms with Crippen molar-refractivity contribution < 1.29 is 31.1 Å². The number of ether oxygens (including phenoxy) is 2. The molecule has 0 aliphatic rings. The van der Waals surface area contributed by atoms with Gasteiger partial charge in [-0.1, -0.05) is 6.07 Å². The first-order valence-electron chi connectivity index (χ1n) is 9.91. The number of nitrogens with one attached hydrogen (secondary N) is 2. The molecule has 0 radical (unpaired) electrons. The summed E-state index contributed by atoms with van der Waals surface area (Å²) in [6.45, 7) is 1.67. The van der Waals surface area contributed by atoms with E-state index in [1.54, 1.807) is 31.2 Å². The fourth-order valence-corrected chi connectivity index (χ4v) is 5.01. The minimum absolute atomic E-state index is 0.00457. The van der Waals surface area contributed by atoms with Crippen molar-refractivity contribution in [3.63, 3.8) is 0 Å². The molecule has 2 N–H and O–H groups in total. The van der Waals surface area contributed by atoms with Crippen LogP contribution < -0.4 is 19.5 Å². The van der Waals surface area contributed by atoms with Gasteiger partial charge in [-0.05, 0) is 67.1 Å². The number of methoxy groups -OCH3 is 2. The van der Waals surface area contributed by atoms with Gasteiger partial charge < -0.3 is 14.8 Å². The van der Waals surface area contributed by atoms with Crippen LogP contribution in [0.4, 0.5) is 11.4 Å². The summed E-state index contributed by atoms with van der Waals surface area (Å²) >= 11 is 0. The third-order valence-electron chi connectivity index (χ3n) is 4.94. The van der Waals surface area contributed by atoms with Crippen LogP contribution in [0.15, 0.2) is 70.5 Å². The van der Waals surface area contributed by atoms with Crippen molar-refractivity contribution in [1.29, 1.82) is 0 Å². The van der Waals surface area contributed by atoms with Gasteiger partial charge >= 0.3 is 0 Å². The van der Waals surface area contributed by atoms with Gasteiger partial charge in [0.15, 0.2) is 9.84 Å². The second kappa shape index (κ2) is 9.74. The van der Waals surface area contributed by atoms with Crippen LogP contribution in [-0.2, 0) is 19.9 Å². The van der Waals surface area contributed by atoms with Crippen LogP contribution in [0.3, 0.4) is 0 Å². The van der Waals surface area contributed by atoms with Crippen molar-refractivity contribution in [2.24, 2.45) is 0 Å². The summed E-state index contributed by atoms with van der Waals surface area (Å²) in [5, 5.41) is 2.62. The van der Waals surface area contributed by atoms with Crippen molar-refractivity contribution in [3.8, 4) is 11.5 Å². The third-order valence-corrected chi connectivity index (χ3v) is 7.45. The van der Waals surface area contributed by atoms with Gasteiger partial charge in [0.1, 0.15) is 16.4 Å². The van der Waals surface area contributed by atoms with E-state index < -0.39 is 25.8 Å². The maximum Gasteiger partial charge on any atom is 0.265 e. The molecule has 0 bridgehead atoms. The van der Waals surface area contributed by atoms with Crippen molar-refractivity contribution in [2.45, 2.75) is 16.7 Å². The molecule has 0 aliphatic heterocycles. The SMILES string of the molecule is COc1ccc(NS(=O)(=O)c2cc(NC(=O)c3cc(S(C)(=O)=O)ccc3C)ccc2OC)cc1. The first-order chi connectivity index (χ1) is 15.9. The highest BCUT2D eigenvalue weighted by Gasteiger charge is 2.22. The van der Waals surface area contributed by atoms with Gasteiger partial charge in [-0.3, -0.25) is 9.52 Å². The van der Waals surface area contributed by atoms with Gasteiger partial charge in [0.05, 0.1) is 19.1 Å². The normalized spacial score (nSPS) is 11.5. The predicted octanol–water partition coefficient (Wildman–Crippen LogP) is 3.47. The van der Waals surface area contributed by atoms with Crippen molar-refractivity contribution in [3.05, 3.63) is 71.8 Å². The van der Waals surface area contributed by atoms with Gasteiger partial charge in [0.2, 0.25) is 0 Å². The quantitative estimate of drug-likeness (QED) is 0.481. The summed E-state index contributed by atoms with van der Waals surface area (Å²) < 4.78 is 62.6. The summed E-state index contributed by atoms with van der Waals surface area (Å²) in [5.41, 5.74) is 1.21. The van der Waals surface area contributed by atoms with Crippen molar-refractivity contribution >= 4 is 37.1 Å². The van der Waals surface area contributed by atoms with Crippen molar-refractivity contribution in [2.75, 3.05) is 30.5 Å². The number of carbonyl (C=O) groups is 1. The number of amides is 1. The Morgan fingerprint density at radius 3 is 2.06 bits per heavy atom. The Bertz CT molecular complexity index is 1430. The van der Waals surface area contributed by atoms with Gasteiger partial charge in [-0.25, -0.2) is 16.8 Å². The molecule has 1 amide bonds. The number of anilines is 2. The zero-order chi connectivity index (χ0) is 25.1. The lowest BCUT2D eigenvalue weighted by Gasteiger charge is -2.14. The summed E-state index contributed by atoms with van der Waals surface area (Å²) in [7, 11) is -4.75. The van der Waals surface area contributed by atoms with Crippen LogP contribution >= 0.6 is 0 Å². The molecular weight excluding hydrogens is 480 g/mol. The first-order valence-corrected chi connectivity index (χ1v) is 13.3. The number of aryl methyl sites for hydroxylation is 1. The maximum absolute atomic E-state index is 13.1. The van der Waals surface area contributed by atoms with E-state index in [2.05, 4.69) is 10.0 Å². The molecule has 3 aromatic carbocycles. The van der Waals surface area contributed by atoms with Crippen LogP contribution in [-0.4, -0.2) is 43.2 Å². The molecule has 9 nitrogen and oxygen atoms in total. The van der Waals surface area contributed by atoms with E-state index in [-0.39, 0.29) is 26.8 Å². The van der Waals surface area contributed by atoms with Crippen LogP contribution in [0.5, 0.6) is 11.5 Å². The summed E-state index contributed by atoms with van der Waals surface area (Å²) in [4.78, 5) is 12.7. The van der Waals surface area contributed by atoms with E-state index in [9.17, 15) is 21.6 Å². The molecule has 0 unspecified atom stereocenters. The molecule has 0 fully saturated rings. The molecule has 0 heterocycles. The minimum atomic E-state index is -4.08. The zero-order valence-corrected chi connectivity index (χ0v) is 20.6. The molecule has 0 atom stereocenters. The van der Waals surface area contributed by atoms with Gasteiger partial charge in [0, 0.05) is 23.2 Å². The van der Waals surface area contributed by atoms with E-state index in [1.807, 2.05) is 0 Å². The fourth-order valence-electron chi connectivity index (χ4n) is 3.11. The summed E-state index contributed by atoms with van der Waals surface area (Å²) in [6, 6.07) is 14.7. The molecular formula is C23H24N2O7S2. The van der Waals surface area contributed by atoms with Crippen LogP contribution in [0.1, 0.15) is 15.9 Å². The second-order valence-electron chi connectivity index (χ2n) is 7.40. The van der Waals surface area contributed by atoms with Gasteiger partial charge in [0.25, 0.3) is 15.9 Å². The fraction of sp³-hybridized carbons (Fsp3) is 0.174. The van der Waals surface area contributed by atoms with Crippen LogP contribution in [0, 0.1) is 6.92 Å². The predicted molar refractivity (Wildman–Crippen MR) is 129 cm³/mol. The van der Waals surface area contributed by atoms with Crippen LogP contribution in [0.25, 0.3) is 0 Å². The zero-order valence-electron chi connectivity index (χ0n) is 18.9. The molecule has 0 saturated heterocycles. The number of hydrogen-bond acceptors (Lipinski definition) is 7. The number of rotatable bonds is 8. The lowest BCUT2D eigenvalue weighted by molar-refractivity contribution is 0.102. The van der Waals surface area contributed by atoms with Gasteiger partial charge in [-0.2, -0.15) is 0 Å². The Labute approximate surface area is 198 Å². The topological polar surface area (TPSA) is 128 Å². The Kier molecular flexibility index (Phi) is 7.18. The first kappa shape index (κ1) is 25.1.